The molecule has 1 aliphatic heterocycles. The molecule has 1 aromatic heterocycles. The van der Waals surface area contributed by atoms with E-state index in [0.717, 1.165) is 19.3 Å². The van der Waals surface area contributed by atoms with Crippen LogP contribution in [0.2, 0.25) is 0 Å². The van der Waals surface area contributed by atoms with Gasteiger partial charge in [0, 0.05) is 12.7 Å². The van der Waals surface area contributed by atoms with Crippen molar-refractivity contribution in [3.8, 4) is 5.88 Å². The van der Waals surface area contributed by atoms with Crippen molar-refractivity contribution < 1.29 is 14.4 Å². The van der Waals surface area contributed by atoms with E-state index >= 15 is 0 Å². The van der Waals surface area contributed by atoms with Crippen LogP contribution >= 0.6 is 0 Å². The molecule has 0 amide bonds. The second-order valence-corrected chi connectivity index (χ2v) is 4.12. The third kappa shape index (κ3) is 3.07. The molecule has 1 saturated heterocycles. The van der Waals surface area contributed by atoms with Crippen LogP contribution in [0.5, 0.6) is 5.88 Å². The number of anilines is 1. The number of nitrogens with zero attached hydrogens (tertiary/aromatic N) is 2. The molecule has 1 atom stereocenters. The number of ether oxygens (including phenoxy) is 2. The summed E-state index contributed by atoms with van der Waals surface area (Å²) in [5, 5.41) is 10.8. The predicted molar refractivity (Wildman–Crippen MR) is 64.4 cm³/mol. The minimum atomic E-state index is -0.538. The topological polar surface area (TPSA) is 101 Å². The van der Waals surface area contributed by atoms with Crippen LogP contribution in [0.1, 0.15) is 19.3 Å². The van der Waals surface area contributed by atoms with Crippen molar-refractivity contribution >= 4 is 11.5 Å². The van der Waals surface area contributed by atoms with Gasteiger partial charge in [-0.05, 0) is 25.3 Å². The molecule has 0 aliphatic carbocycles. The van der Waals surface area contributed by atoms with Crippen LogP contribution in [0, 0.1) is 10.1 Å². The largest absolute Gasteiger partial charge is 0.470 e. The van der Waals surface area contributed by atoms with Crippen molar-refractivity contribution in [3.05, 3.63) is 22.2 Å². The molecule has 0 spiro atoms. The van der Waals surface area contributed by atoms with E-state index in [1.54, 1.807) is 0 Å². The molecular weight excluding hydrogens is 238 g/mol. The first kappa shape index (κ1) is 12.6. The number of nitro groups is 1. The third-order valence-corrected chi connectivity index (χ3v) is 2.74. The lowest BCUT2D eigenvalue weighted by molar-refractivity contribution is -0.386. The molecule has 18 heavy (non-hydrogen) atoms. The number of rotatable bonds is 4. The molecule has 1 aliphatic rings. The van der Waals surface area contributed by atoms with Crippen LogP contribution in [-0.4, -0.2) is 29.2 Å². The van der Waals surface area contributed by atoms with Gasteiger partial charge in [-0.25, -0.2) is 0 Å². The Labute approximate surface area is 104 Å². The lowest BCUT2D eigenvalue weighted by Gasteiger charge is -2.22. The highest BCUT2D eigenvalue weighted by molar-refractivity contribution is 5.46. The van der Waals surface area contributed by atoms with E-state index < -0.39 is 4.92 Å². The minimum Gasteiger partial charge on any atom is -0.470 e. The summed E-state index contributed by atoms with van der Waals surface area (Å²) in [6.45, 7) is 0.970. The SMILES string of the molecule is Nc1ccc([N+](=O)[O-])c(OCC2CCCCO2)n1. The number of aromatic nitrogens is 1. The summed E-state index contributed by atoms with van der Waals surface area (Å²) in [6.07, 6.45) is 3.01. The summed E-state index contributed by atoms with van der Waals surface area (Å²) in [4.78, 5) is 14.1. The van der Waals surface area contributed by atoms with E-state index in [2.05, 4.69) is 4.98 Å². The highest BCUT2D eigenvalue weighted by Gasteiger charge is 2.20. The van der Waals surface area contributed by atoms with Gasteiger partial charge in [-0.2, -0.15) is 4.98 Å². The van der Waals surface area contributed by atoms with Gasteiger partial charge in [-0.1, -0.05) is 0 Å². The monoisotopic (exact) mass is 253 g/mol. The zero-order chi connectivity index (χ0) is 13.0. The first-order chi connectivity index (χ1) is 8.66. The molecule has 1 aromatic rings. The van der Waals surface area contributed by atoms with Gasteiger partial charge in [0.25, 0.3) is 5.88 Å². The minimum absolute atomic E-state index is 0.0263. The lowest BCUT2D eigenvalue weighted by Crippen LogP contribution is -2.26. The van der Waals surface area contributed by atoms with Gasteiger partial charge in [0.2, 0.25) is 0 Å². The zero-order valence-electron chi connectivity index (χ0n) is 9.87. The maximum atomic E-state index is 10.8. The normalized spacial score (nSPS) is 19.4. The molecular formula is C11H15N3O4. The molecule has 0 bridgehead atoms. The van der Waals surface area contributed by atoms with E-state index in [1.807, 2.05) is 0 Å². The Bertz CT molecular complexity index is 432. The number of pyridine rings is 1. The average molecular weight is 253 g/mol. The van der Waals surface area contributed by atoms with E-state index in [9.17, 15) is 10.1 Å². The summed E-state index contributed by atoms with van der Waals surface area (Å²) in [7, 11) is 0. The van der Waals surface area contributed by atoms with Crippen molar-refractivity contribution in [2.45, 2.75) is 25.4 Å². The predicted octanol–water partition coefficient (Wildman–Crippen LogP) is 1.52. The van der Waals surface area contributed by atoms with Crippen molar-refractivity contribution in [1.29, 1.82) is 0 Å². The van der Waals surface area contributed by atoms with Gasteiger partial charge in [-0.3, -0.25) is 10.1 Å². The van der Waals surface area contributed by atoms with Crippen LogP contribution < -0.4 is 10.5 Å². The first-order valence-electron chi connectivity index (χ1n) is 5.82. The summed E-state index contributed by atoms with van der Waals surface area (Å²) in [6, 6.07) is 2.67. The first-order valence-corrected chi connectivity index (χ1v) is 5.82. The van der Waals surface area contributed by atoms with E-state index in [-0.39, 0.29) is 30.1 Å². The van der Waals surface area contributed by atoms with Crippen LogP contribution in [-0.2, 0) is 4.74 Å². The highest BCUT2D eigenvalue weighted by atomic mass is 16.6. The van der Waals surface area contributed by atoms with Crippen LogP contribution in [0.25, 0.3) is 0 Å². The maximum absolute atomic E-state index is 10.8. The molecule has 2 heterocycles. The number of nitrogens with two attached hydrogens (primary N) is 1. The standard InChI is InChI=1S/C11H15N3O4/c12-10-5-4-9(14(15)16)11(13-10)18-7-8-3-1-2-6-17-8/h4-5,8H,1-3,6-7H2,(H2,12,13). The molecule has 1 unspecified atom stereocenters. The summed E-state index contributed by atoms with van der Waals surface area (Å²) < 4.78 is 10.8. The van der Waals surface area contributed by atoms with Gasteiger partial charge in [-0.15, -0.1) is 0 Å². The molecule has 0 saturated carbocycles. The number of hydrogen-bond donors (Lipinski definition) is 1. The van der Waals surface area contributed by atoms with E-state index in [1.165, 1.54) is 12.1 Å². The van der Waals surface area contributed by atoms with Crippen molar-refractivity contribution in [1.82, 2.24) is 4.98 Å². The fourth-order valence-corrected chi connectivity index (χ4v) is 1.80. The van der Waals surface area contributed by atoms with Gasteiger partial charge in [0.1, 0.15) is 12.4 Å². The number of hydrogen-bond acceptors (Lipinski definition) is 6. The summed E-state index contributed by atoms with van der Waals surface area (Å²) in [5.74, 6) is 0.148. The third-order valence-electron chi connectivity index (χ3n) is 2.74. The van der Waals surface area contributed by atoms with Crippen molar-refractivity contribution in [2.24, 2.45) is 0 Å². The lowest BCUT2D eigenvalue weighted by atomic mass is 10.1. The van der Waals surface area contributed by atoms with E-state index in [0.29, 0.717) is 6.61 Å². The summed E-state index contributed by atoms with van der Waals surface area (Å²) >= 11 is 0. The summed E-state index contributed by atoms with van der Waals surface area (Å²) in [5.41, 5.74) is 5.31. The Balaban J connectivity index is 2.03. The number of nitrogen functional groups attached to an aromatic ring is 1. The molecule has 2 rings (SSSR count). The molecule has 1 fully saturated rings. The van der Waals surface area contributed by atoms with Crippen molar-refractivity contribution in [3.63, 3.8) is 0 Å². The molecule has 0 aromatic carbocycles. The van der Waals surface area contributed by atoms with Gasteiger partial charge >= 0.3 is 5.69 Å². The quantitative estimate of drug-likeness (QED) is 0.645. The second-order valence-electron chi connectivity index (χ2n) is 4.12. The van der Waals surface area contributed by atoms with E-state index in [4.69, 9.17) is 15.2 Å². The van der Waals surface area contributed by atoms with Gasteiger partial charge < -0.3 is 15.2 Å². The Kier molecular flexibility index (Phi) is 3.93. The molecule has 7 heteroatoms. The maximum Gasteiger partial charge on any atom is 0.331 e. The van der Waals surface area contributed by atoms with Crippen molar-refractivity contribution in [2.75, 3.05) is 18.9 Å². The molecule has 7 nitrogen and oxygen atoms in total. The Morgan fingerprint density at radius 3 is 3.06 bits per heavy atom. The zero-order valence-corrected chi connectivity index (χ0v) is 9.87. The van der Waals surface area contributed by atoms with Crippen LogP contribution in [0.4, 0.5) is 11.5 Å². The fraction of sp³-hybridized carbons (Fsp3) is 0.545. The van der Waals surface area contributed by atoms with Crippen LogP contribution in [0.3, 0.4) is 0 Å². The Morgan fingerprint density at radius 1 is 1.56 bits per heavy atom. The van der Waals surface area contributed by atoms with Gasteiger partial charge in [0.15, 0.2) is 0 Å². The fourth-order valence-electron chi connectivity index (χ4n) is 1.80. The second kappa shape index (κ2) is 5.63. The smallest absolute Gasteiger partial charge is 0.331 e. The van der Waals surface area contributed by atoms with Gasteiger partial charge in [0.05, 0.1) is 11.0 Å². The Morgan fingerprint density at radius 2 is 2.39 bits per heavy atom. The molecule has 2 N–H and O–H groups in total. The molecule has 0 radical (unpaired) electrons. The van der Waals surface area contributed by atoms with Crippen LogP contribution in [0.15, 0.2) is 12.1 Å². The highest BCUT2D eigenvalue weighted by Crippen LogP contribution is 2.26. The molecule has 98 valence electrons. The Hall–Kier alpha value is -1.89. The average Bonchev–Trinajstić information content (AvgIpc) is 2.37.